The number of aromatic nitrogens is 1. The number of hydrogen-bond acceptors (Lipinski definition) is 2. The molecule has 1 aliphatic rings. The molecule has 0 amide bonds. The van der Waals surface area contributed by atoms with Crippen molar-refractivity contribution >= 4 is 12.4 Å². The van der Waals surface area contributed by atoms with E-state index in [1.165, 1.54) is 18.7 Å². The van der Waals surface area contributed by atoms with E-state index in [9.17, 15) is 0 Å². The van der Waals surface area contributed by atoms with Gasteiger partial charge in [0.2, 0.25) is 0 Å². The molecule has 1 aromatic rings. The van der Waals surface area contributed by atoms with Gasteiger partial charge < -0.3 is 5.32 Å². The Kier molecular flexibility index (Phi) is 4.36. The molecule has 14 heavy (non-hydrogen) atoms. The highest BCUT2D eigenvalue weighted by atomic mass is 35.5. The van der Waals surface area contributed by atoms with Crippen LogP contribution in [0.1, 0.15) is 17.8 Å². The fourth-order valence-electron chi connectivity index (χ4n) is 1.90. The Morgan fingerprint density at radius 1 is 1.50 bits per heavy atom. The van der Waals surface area contributed by atoms with E-state index in [0.29, 0.717) is 0 Å². The van der Waals surface area contributed by atoms with E-state index in [2.05, 4.69) is 35.4 Å². The van der Waals surface area contributed by atoms with Gasteiger partial charge in [0.25, 0.3) is 0 Å². The van der Waals surface area contributed by atoms with E-state index in [4.69, 9.17) is 0 Å². The zero-order chi connectivity index (χ0) is 9.10. The second-order valence-corrected chi connectivity index (χ2v) is 3.83. The van der Waals surface area contributed by atoms with Crippen molar-refractivity contribution in [3.63, 3.8) is 0 Å². The summed E-state index contributed by atoms with van der Waals surface area (Å²) in [6.07, 6.45) is 2.43. The number of pyridine rings is 1. The van der Waals surface area contributed by atoms with Crippen molar-refractivity contribution < 1.29 is 0 Å². The lowest BCUT2D eigenvalue weighted by molar-refractivity contribution is 0.571. The second-order valence-electron chi connectivity index (χ2n) is 3.83. The number of rotatable bonds is 2. The Balaban J connectivity index is 0.000000980. The van der Waals surface area contributed by atoms with E-state index < -0.39 is 0 Å². The van der Waals surface area contributed by atoms with Gasteiger partial charge in [0, 0.05) is 11.4 Å². The molecule has 1 aromatic heterocycles. The summed E-state index contributed by atoms with van der Waals surface area (Å²) in [6.45, 7) is 4.39. The van der Waals surface area contributed by atoms with Crippen molar-refractivity contribution in [3.8, 4) is 0 Å². The van der Waals surface area contributed by atoms with Gasteiger partial charge in [-0.15, -0.1) is 12.4 Å². The smallest absolute Gasteiger partial charge is 0.0410 e. The predicted molar refractivity (Wildman–Crippen MR) is 60.9 cm³/mol. The van der Waals surface area contributed by atoms with E-state index >= 15 is 0 Å². The standard InChI is InChI=1S/C11H16N2.ClH/c1-9-3-2-4-11(13-9)7-10-5-6-12-8-10;/h2-4,10,12H,5-8H2,1H3;1H. The Morgan fingerprint density at radius 3 is 3.00 bits per heavy atom. The number of nitrogens with one attached hydrogen (secondary N) is 1. The van der Waals surface area contributed by atoms with Gasteiger partial charge in [-0.05, 0) is 50.9 Å². The number of hydrogen-bond donors (Lipinski definition) is 1. The van der Waals surface area contributed by atoms with Crippen LogP contribution in [-0.2, 0) is 6.42 Å². The third-order valence-corrected chi connectivity index (χ3v) is 2.61. The fourth-order valence-corrected chi connectivity index (χ4v) is 1.90. The largest absolute Gasteiger partial charge is 0.316 e. The van der Waals surface area contributed by atoms with E-state index in [-0.39, 0.29) is 12.4 Å². The lowest BCUT2D eigenvalue weighted by atomic mass is 10.0. The highest BCUT2D eigenvalue weighted by Gasteiger charge is 2.14. The first-order valence-corrected chi connectivity index (χ1v) is 4.98. The second kappa shape index (κ2) is 5.32. The summed E-state index contributed by atoms with van der Waals surface area (Å²) in [6, 6.07) is 6.28. The molecule has 0 radical (unpaired) electrons. The lowest BCUT2D eigenvalue weighted by Crippen LogP contribution is -2.11. The van der Waals surface area contributed by atoms with Gasteiger partial charge in [-0.25, -0.2) is 0 Å². The summed E-state index contributed by atoms with van der Waals surface area (Å²) in [4.78, 5) is 4.51. The van der Waals surface area contributed by atoms with Gasteiger partial charge in [0.1, 0.15) is 0 Å². The summed E-state index contributed by atoms with van der Waals surface area (Å²) in [7, 11) is 0. The molecule has 1 atom stereocenters. The summed E-state index contributed by atoms with van der Waals surface area (Å²) in [5.74, 6) is 0.800. The Morgan fingerprint density at radius 2 is 2.36 bits per heavy atom. The molecular formula is C11H17ClN2. The van der Waals surface area contributed by atoms with Crippen LogP contribution in [0.25, 0.3) is 0 Å². The first-order valence-electron chi connectivity index (χ1n) is 4.98. The van der Waals surface area contributed by atoms with Crippen LogP contribution in [0.3, 0.4) is 0 Å². The quantitative estimate of drug-likeness (QED) is 0.811. The molecule has 2 heterocycles. The highest BCUT2D eigenvalue weighted by molar-refractivity contribution is 5.85. The Hall–Kier alpha value is -0.600. The lowest BCUT2D eigenvalue weighted by Gasteiger charge is -2.07. The molecule has 1 aliphatic heterocycles. The summed E-state index contributed by atoms with van der Waals surface area (Å²) < 4.78 is 0. The van der Waals surface area contributed by atoms with Crippen molar-refractivity contribution in [2.24, 2.45) is 5.92 Å². The first kappa shape index (κ1) is 11.5. The summed E-state index contributed by atoms with van der Waals surface area (Å²) >= 11 is 0. The SMILES string of the molecule is Cc1cccc(CC2CCNC2)n1.Cl. The third-order valence-electron chi connectivity index (χ3n) is 2.61. The predicted octanol–water partition coefficient (Wildman–Crippen LogP) is 1.96. The minimum absolute atomic E-state index is 0. The van der Waals surface area contributed by atoms with E-state index in [1.807, 2.05) is 0 Å². The minimum atomic E-state index is 0. The van der Waals surface area contributed by atoms with Crippen LogP contribution in [0.4, 0.5) is 0 Å². The minimum Gasteiger partial charge on any atom is -0.316 e. The van der Waals surface area contributed by atoms with Crippen molar-refractivity contribution in [2.45, 2.75) is 19.8 Å². The molecular weight excluding hydrogens is 196 g/mol. The summed E-state index contributed by atoms with van der Waals surface area (Å²) in [5, 5.41) is 3.38. The molecule has 0 aromatic carbocycles. The molecule has 0 bridgehead atoms. The highest BCUT2D eigenvalue weighted by Crippen LogP contribution is 2.13. The Labute approximate surface area is 91.5 Å². The third kappa shape index (κ3) is 2.96. The Bertz CT molecular complexity index is 282. The molecule has 3 heteroatoms. The molecule has 1 N–H and O–H groups in total. The van der Waals surface area contributed by atoms with Gasteiger partial charge in [-0.3, -0.25) is 4.98 Å². The van der Waals surface area contributed by atoms with Crippen LogP contribution in [0.2, 0.25) is 0 Å². The molecule has 2 rings (SSSR count). The number of aryl methyl sites for hydroxylation is 1. The maximum atomic E-state index is 4.51. The monoisotopic (exact) mass is 212 g/mol. The molecule has 1 fully saturated rings. The van der Waals surface area contributed by atoms with Gasteiger partial charge in [-0.1, -0.05) is 6.07 Å². The topological polar surface area (TPSA) is 24.9 Å². The first-order chi connectivity index (χ1) is 6.34. The fraction of sp³-hybridized carbons (Fsp3) is 0.545. The summed E-state index contributed by atoms with van der Waals surface area (Å²) in [5.41, 5.74) is 2.37. The molecule has 2 nitrogen and oxygen atoms in total. The molecule has 0 saturated carbocycles. The number of halogens is 1. The van der Waals surface area contributed by atoms with Crippen molar-refractivity contribution in [2.75, 3.05) is 13.1 Å². The maximum absolute atomic E-state index is 4.51. The van der Waals surface area contributed by atoms with Gasteiger partial charge in [0.15, 0.2) is 0 Å². The van der Waals surface area contributed by atoms with E-state index in [0.717, 1.165) is 24.6 Å². The average Bonchev–Trinajstić information content (AvgIpc) is 2.57. The van der Waals surface area contributed by atoms with Gasteiger partial charge in [0.05, 0.1) is 0 Å². The van der Waals surface area contributed by atoms with Gasteiger partial charge in [-0.2, -0.15) is 0 Å². The van der Waals surface area contributed by atoms with Crippen molar-refractivity contribution in [1.29, 1.82) is 0 Å². The van der Waals surface area contributed by atoms with Crippen LogP contribution in [0.15, 0.2) is 18.2 Å². The molecule has 1 saturated heterocycles. The van der Waals surface area contributed by atoms with Crippen LogP contribution in [0, 0.1) is 12.8 Å². The molecule has 78 valence electrons. The zero-order valence-corrected chi connectivity index (χ0v) is 9.31. The maximum Gasteiger partial charge on any atom is 0.0410 e. The number of nitrogens with zero attached hydrogens (tertiary/aromatic N) is 1. The van der Waals surface area contributed by atoms with Gasteiger partial charge >= 0.3 is 0 Å². The van der Waals surface area contributed by atoms with Crippen LogP contribution in [-0.4, -0.2) is 18.1 Å². The van der Waals surface area contributed by atoms with Crippen LogP contribution in [0.5, 0.6) is 0 Å². The molecule has 0 aliphatic carbocycles. The van der Waals surface area contributed by atoms with Crippen molar-refractivity contribution in [3.05, 3.63) is 29.6 Å². The normalized spacial score (nSPS) is 20.5. The van der Waals surface area contributed by atoms with E-state index in [1.54, 1.807) is 0 Å². The zero-order valence-electron chi connectivity index (χ0n) is 8.49. The molecule has 1 unspecified atom stereocenters. The van der Waals surface area contributed by atoms with Crippen molar-refractivity contribution in [1.82, 2.24) is 10.3 Å². The average molecular weight is 213 g/mol. The van der Waals surface area contributed by atoms with Crippen LogP contribution < -0.4 is 5.32 Å². The van der Waals surface area contributed by atoms with Crippen LogP contribution >= 0.6 is 12.4 Å². The molecule has 0 spiro atoms.